The number of thioether (sulfide) groups is 1. The first kappa shape index (κ1) is 10.7. The van der Waals surface area contributed by atoms with E-state index in [0.717, 1.165) is 4.90 Å². The summed E-state index contributed by atoms with van der Waals surface area (Å²) in [5, 5.41) is 19.6. The molecule has 1 saturated carbocycles. The van der Waals surface area contributed by atoms with Crippen LogP contribution in [0.5, 0.6) is 11.5 Å². The van der Waals surface area contributed by atoms with Gasteiger partial charge in [0, 0.05) is 5.25 Å². The van der Waals surface area contributed by atoms with E-state index >= 15 is 0 Å². The average Bonchev–Trinajstić information content (AvgIpc) is 2.25. The van der Waals surface area contributed by atoms with Crippen molar-refractivity contribution in [2.75, 3.05) is 0 Å². The van der Waals surface area contributed by atoms with Gasteiger partial charge in [-0.3, -0.25) is 0 Å². The van der Waals surface area contributed by atoms with Gasteiger partial charge in [0.1, 0.15) is 11.5 Å². The van der Waals surface area contributed by atoms with E-state index < -0.39 is 0 Å². The number of phenolic OH excluding ortho intramolecular Hbond substituents is 2. The lowest BCUT2D eigenvalue weighted by atomic mass is 10.0. The lowest BCUT2D eigenvalue weighted by Gasteiger charge is -2.21. The summed E-state index contributed by atoms with van der Waals surface area (Å²) in [4.78, 5) is 0.807. The van der Waals surface area contributed by atoms with E-state index in [1.807, 2.05) is 0 Å². The monoisotopic (exact) mass is 224 g/mol. The molecule has 0 radical (unpaired) electrons. The van der Waals surface area contributed by atoms with Crippen LogP contribution >= 0.6 is 11.8 Å². The van der Waals surface area contributed by atoms with Crippen molar-refractivity contribution in [2.24, 2.45) is 0 Å². The zero-order valence-electron chi connectivity index (χ0n) is 8.65. The van der Waals surface area contributed by atoms with Gasteiger partial charge in [0.2, 0.25) is 0 Å². The Balaban J connectivity index is 2.05. The maximum atomic E-state index is 9.63. The fraction of sp³-hybridized carbons (Fsp3) is 0.500. The average molecular weight is 224 g/mol. The van der Waals surface area contributed by atoms with Gasteiger partial charge in [0.15, 0.2) is 0 Å². The summed E-state index contributed by atoms with van der Waals surface area (Å²) in [6.07, 6.45) is 6.36. The highest BCUT2D eigenvalue weighted by molar-refractivity contribution is 8.00. The molecule has 15 heavy (non-hydrogen) atoms. The van der Waals surface area contributed by atoms with Crippen molar-refractivity contribution in [2.45, 2.75) is 42.2 Å². The van der Waals surface area contributed by atoms with Crippen molar-refractivity contribution in [3.05, 3.63) is 18.2 Å². The highest BCUT2D eigenvalue weighted by Crippen LogP contribution is 2.39. The standard InChI is InChI=1S/C12H16O2S/c13-9-6-7-11(14)12(8-9)15-10-4-2-1-3-5-10/h6-8,10,13-14H,1-5H2. The molecule has 82 valence electrons. The molecule has 1 aromatic carbocycles. The van der Waals surface area contributed by atoms with Crippen LogP contribution in [-0.4, -0.2) is 15.5 Å². The van der Waals surface area contributed by atoms with Gasteiger partial charge in [0.25, 0.3) is 0 Å². The molecular weight excluding hydrogens is 208 g/mol. The zero-order chi connectivity index (χ0) is 10.7. The molecule has 3 heteroatoms. The predicted molar refractivity (Wildman–Crippen MR) is 62.5 cm³/mol. The van der Waals surface area contributed by atoms with Crippen LogP contribution in [0.2, 0.25) is 0 Å². The Bertz CT molecular complexity index is 332. The molecule has 0 bridgehead atoms. The zero-order valence-corrected chi connectivity index (χ0v) is 9.46. The van der Waals surface area contributed by atoms with Crippen LogP contribution in [0.25, 0.3) is 0 Å². The van der Waals surface area contributed by atoms with Gasteiger partial charge in [-0.1, -0.05) is 19.3 Å². The molecule has 0 amide bonds. The highest BCUT2D eigenvalue weighted by Gasteiger charge is 2.16. The highest BCUT2D eigenvalue weighted by atomic mass is 32.2. The number of benzene rings is 1. The Hall–Kier alpha value is -0.830. The first-order valence-corrected chi connectivity index (χ1v) is 6.32. The number of phenols is 2. The Morgan fingerprint density at radius 2 is 1.80 bits per heavy atom. The second-order valence-corrected chi connectivity index (χ2v) is 5.37. The molecule has 2 nitrogen and oxygen atoms in total. The molecule has 0 heterocycles. The van der Waals surface area contributed by atoms with Gasteiger partial charge in [0.05, 0.1) is 4.90 Å². The smallest absolute Gasteiger partial charge is 0.129 e. The second kappa shape index (κ2) is 4.79. The third-order valence-corrected chi connectivity index (χ3v) is 4.17. The SMILES string of the molecule is Oc1ccc(O)c(SC2CCCCC2)c1. The van der Waals surface area contributed by atoms with E-state index in [4.69, 9.17) is 0 Å². The fourth-order valence-electron chi connectivity index (χ4n) is 1.96. The van der Waals surface area contributed by atoms with Crippen LogP contribution in [0.1, 0.15) is 32.1 Å². The van der Waals surface area contributed by atoms with Gasteiger partial charge in [-0.05, 0) is 31.0 Å². The third-order valence-electron chi connectivity index (χ3n) is 2.79. The number of aromatic hydroxyl groups is 2. The second-order valence-electron chi connectivity index (χ2n) is 4.03. The maximum absolute atomic E-state index is 9.63. The first-order valence-electron chi connectivity index (χ1n) is 5.44. The molecule has 1 aliphatic rings. The van der Waals surface area contributed by atoms with Crippen molar-refractivity contribution in [1.29, 1.82) is 0 Å². The summed E-state index contributed by atoms with van der Waals surface area (Å²) in [5.41, 5.74) is 0. The Labute approximate surface area is 94.3 Å². The first-order chi connectivity index (χ1) is 7.25. The van der Waals surface area contributed by atoms with Gasteiger partial charge < -0.3 is 10.2 Å². The minimum absolute atomic E-state index is 0.228. The van der Waals surface area contributed by atoms with Crippen molar-refractivity contribution in [3.8, 4) is 11.5 Å². The van der Waals surface area contributed by atoms with Crippen LogP contribution in [0.15, 0.2) is 23.1 Å². The van der Waals surface area contributed by atoms with E-state index in [1.54, 1.807) is 23.9 Å². The van der Waals surface area contributed by atoms with Crippen molar-refractivity contribution in [3.63, 3.8) is 0 Å². The summed E-state index contributed by atoms with van der Waals surface area (Å²) < 4.78 is 0. The summed E-state index contributed by atoms with van der Waals surface area (Å²) in [7, 11) is 0. The van der Waals surface area contributed by atoms with Crippen LogP contribution in [0, 0.1) is 0 Å². The number of rotatable bonds is 2. The van der Waals surface area contributed by atoms with Crippen molar-refractivity contribution in [1.82, 2.24) is 0 Å². The van der Waals surface area contributed by atoms with Crippen molar-refractivity contribution >= 4 is 11.8 Å². The molecule has 0 aliphatic heterocycles. The minimum atomic E-state index is 0.228. The van der Waals surface area contributed by atoms with E-state index in [9.17, 15) is 10.2 Å². The summed E-state index contributed by atoms with van der Waals surface area (Å²) in [5.74, 6) is 0.509. The van der Waals surface area contributed by atoms with Crippen LogP contribution in [0.3, 0.4) is 0 Å². The van der Waals surface area contributed by atoms with Gasteiger partial charge in [-0.15, -0.1) is 11.8 Å². The molecule has 2 N–H and O–H groups in total. The van der Waals surface area contributed by atoms with Gasteiger partial charge >= 0.3 is 0 Å². The van der Waals surface area contributed by atoms with E-state index in [-0.39, 0.29) is 11.5 Å². The van der Waals surface area contributed by atoms with Gasteiger partial charge in [-0.2, -0.15) is 0 Å². The lowest BCUT2D eigenvalue weighted by Crippen LogP contribution is -2.07. The largest absolute Gasteiger partial charge is 0.508 e. The number of hydrogen-bond acceptors (Lipinski definition) is 3. The molecule has 0 spiro atoms. The summed E-state index contributed by atoms with van der Waals surface area (Å²) in [6, 6.07) is 4.72. The summed E-state index contributed by atoms with van der Waals surface area (Å²) in [6.45, 7) is 0. The Kier molecular flexibility index (Phi) is 3.41. The molecule has 1 fully saturated rings. The van der Waals surface area contributed by atoms with Crippen LogP contribution in [0.4, 0.5) is 0 Å². The van der Waals surface area contributed by atoms with E-state index in [2.05, 4.69) is 0 Å². The predicted octanol–water partition coefficient (Wildman–Crippen LogP) is 3.52. The maximum Gasteiger partial charge on any atom is 0.129 e. The van der Waals surface area contributed by atoms with E-state index in [1.165, 1.54) is 38.2 Å². The molecular formula is C12H16O2S. The minimum Gasteiger partial charge on any atom is -0.508 e. The van der Waals surface area contributed by atoms with Gasteiger partial charge in [-0.25, -0.2) is 0 Å². The molecule has 1 aromatic rings. The number of hydrogen-bond donors (Lipinski definition) is 2. The lowest BCUT2D eigenvalue weighted by molar-refractivity contribution is 0.448. The normalized spacial score (nSPS) is 17.9. The molecule has 0 saturated heterocycles. The quantitative estimate of drug-likeness (QED) is 0.755. The molecule has 0 atom stereocenters. The molecule has 1 aliphatic carbocycles. The third kappa shape index (κ3) is 2.81. The molecule has 0 unspecified atom stereocenters. The Morgan fingerprint density at radius 3 is 2.53 bits per heavy atom. The van der Waals surface area contributed by atoms with Crippen molar-refractivity contribution < 1.29 is 10.2 Å². The Morgan fingerprint density at radius 1 is 1.07 bits per heavy atom. The summed E-state index contributed by atoms with van der Waals surface area (Å²) >= 11 is 1.70. The van der Waals surface area contributed by atoms with Crippen LogP contribution in [-0.2, 0) is 0 Å². The van der Waals surface area contributed by atoms with Crippen LogP contribution < -0.4 is 0 Å². The molecule has 2 rings (SSSR count). The fourth-order valence-corrected chi connectivity index (χ4v) is 3.27. The molecule has 0 aromatic heterocycles. The van der Waals surface area contributed by atoms with E-state index in [0.29, 0.717) is 5.25 Å². The topological polar surface area (TPSA) is 40.5 Å².